The van der Waals surface area contributed by atoms with Crippen molar-refractivity contribution in [3.8, 4) is 17.1 Å². The summed E-state index contributed by atoms with van der Waals surface area (Å²) in [6.45, 7) is 1.85. The third-order valence-electron chi connectivity index (χ3n) is 4.76. The van der Waals surface area contributed by atoms with Crippen LogP contribution >= 0.6 is 11.6 Å². The maximum Gasteiger partial charge on any atom is 0.340 e. The molecule has 160 valence electrons. The van der Waals surface area contributed by atoms with Gasteiger partial charge in [-0.15, -0.1) is 0 Å². The third-order valence-corrected chi connectivity index (χ3v) is 6.22. The van der Waals surface area contributed by atoms with Crippen LogP contribution in [0.4, 0.5) is 0 Å². The lowest BCUT2D eigenvalue weighted by Crippen LogP contribution is -2.14. The Morgan fingerprint density at radius 1 is 0.875 bits per heavy atom. The summed E-state index contributed by atoms with van der Waals surface area (Å²) in [5.74, 6) is -0.745. The van der Waals surface area contributed by atoms with Gasteiger partial charge in [0.05, 0.1) is 11.3 Å². The van der Waals surface area contributed by atoms with Crippen molar-refractivity contribution < 1.29 is 17.4 Å². The molecule has 0 saturated carbocycles. The predicted octanol–water partition coefficient (Wildman–Crippen LogP) is 5.71. The number of hydrogen-bond donors (Lipinski definition) is 0. The van der Waals surface area contributed by atoms with Gasteiger partial charge in [-0.1, -0.05) is 71.8 Å². The number of pyridine rings is 1. The molecule has 4 aromatic rings. The molecule has 0 saturated heterocycles. The molecule has 0 aliphatic heterocycles. The second-order valence-electron chi connectivity index (χ2n) is 7.11. The smallest absolute Gasteiger partial charge is 0.340 e. The summed E-state index contributed by atoms with van der Waals surface area (Å²) in [5.41, 5.74) is 2.45. The van der Waals surface area contributed by atoms with Crippen LogP contribution in [0.15, 0.2) is 95.9 Å². The Morgan fingerprint density at radius 2 is 1.59 bits per heavy atom. The first-order valence-electron chi connectivity index (χ1n) is 9.71. The number of ketones is 1. The van der Waals surface area contributed by atoms with Gasteiger partial charge in [0.25, 0.3) is 0 Å². The summed E-state index contributed by atoms with van der Waals surface area (Å²) in [5, 5.41) is 0.388. The SMILES string of the molecule is Cc1ccc(S(=O)(=O)Oc2nc(-c3ccccc3)ccc2C(=O)c2cccc(Cl)c2)cc1. The van der Waals surface area contributed by atoms with E-state index >= 15 is 0 Å². The average molecular weight is 464 g/mol. The molecule has 4 rings (SSSR count). The van der Waals surface area contributed by atoms with E-state index in [9.17, 15) is 13.2 Å². The molecule has 0 aliphatic carbocycles. The predicted molar refractivity (Wildman–Crippen MR) is 124 cm³/mol. The highest BCUT2D eigenvalue weighted by atomic mass is 35.5. The van der Waals surface area contributed by atoms with Crippen LogP contribution in [0.1, 0.15) is 21.5 Å². The molecule has 0 atom stereocenters. The van der Waals surface area contributed by atoms with Crippen LogP contribution in [0, 0.1) is 6.92 Å². The number of nitrogens with zero attached hydrogens (tertiary/aromatic N) is 1. The number of hydrogen-bond acceptors (Lipinski definition) is 5. The lowest BCUT2D eigenvalue weighted by atomic mass is 10.0. The summed E-state index contributed by atoms with van der Waals surface area (Å²) >= 11 is 6.03. The number of halogens is 1. The Labute approximate surface area is 191 Å². The summed E-state index contributed by atoms with van der Waals surface area (Å²) in [4.78, 5) is 17.5. The highest BCUT2D eigenvalue weighted by Gasteiger charge is 2.24. The van der Waals surface area contributed by atoms with Crippen molar-refractivity contribution in [3.63, 3.8) is 0 Å². The van der Waals surface area contributed by atoms with Crippen molar-refractivity contribution in [1.82, 2.24) is 4.98 Å². The van der Waals surface area contributed by atoms with Crippen molar-refractivity contribution in [2.75, 3.05) is 0 Å². The molecule has 7 heteroatoms. The van der Waals surface area contributed by atoms with Crippen LogP contribution in [0.25, 0.3) is 11.3 Å². The fourth-order valence-electron chi connectivity index (χ4n) is 3.09. The van der Waals surface area contributed by atoms with Crippen LogP contribution in [0.2, 0.25) is 5.02 Å². The maximum absolute atomic E-state index is 13.2. The number of aryl methyl sites for hydroxylation is 1. The van der Waals surface area contributed by atoms with E-state index in [2.05, 4.69) is 4.98 Å². The van der Waals surface area contributed by atoms with Crippen LogP contribution in [0.3, 0.4) is 0 Å². The van der Waals surface area contributed by atoms with Gasteiger partial charge in [0.2, 0.25) is 5.88 Å². The van der Waals surface area contributed by atoms with Crippen molar-refractivity contribution in [3.05, 3.63) is 113 Å². The minimum atomic E-state index is -4.22. The molecule has 0 N–H and O–H groups in total. The minimum absolute atomic E-state index is 0.0163. The molecule has 0 spiro atoms. The fraction of sp³-hybridized carbons (Fsp3) is 0.0400. The molecule has 5 nitrogen and oxygen atoms in total. The zero-order valence-electron chi connectivity index (χ0n) is 17.0. The second kappa shape index (κ2) is 8.94. The summed E-state index contributed by atoms with van der Waals surface area (Å²) in [6, 6.07) is 25.0. The molecule has 1 heterocycles. The van der Waals surface area contributed by atoms with Crippen molar-refractivity contribution >= 4 is 27.5 Å². The van der Waals surface area contributed by atoms with Gasteiger partial charge in [-0.2, -0.15) is 8.42 Å². The Kier molecular flexibility index (Phi) is 6.08. The normalized spacial score (nSPS) is 11.2. The largest absolute Gasteiger partial charge is 0.357 e. The van der Waals surface area contributed by atoms with E-state index < -0.39 is 15.9 Å². The van der Waals surface area contributed by atoms with Gasteiger partial charge in [-0.05, 0) is 43.3 Å². The molecular weight excluding hydrogens is 446 g/mol. The van der Waals surface area contributed by atoms with Crippen LogP contribution in [-0.2, 0) is 10.1 Å². The monoisotopic (exact) mass is 463 g/mol. The average Bonchev–Trinajstić information content (AvgIpc) is 2.79. The quantitative estimate of drug-likeness (QED) is 0.270. The summed E-state index contributed by atoms with van der Waals surface area (Å²) in [7, 11) is -4.22. The Hall–Kier alpha value is -3.48. The molecule has 0 aliphatic rings. The fourth-order valence-corrected chi connectivity index (χ4v) is 4.18. The maximum atomic E-state index is 13.2. The van der Waals surface area contributed by atoms with E-state index in [0.29, 0.717) is 16.3 Å². The van der Waals surface area contributed by atoms with E-state index in [0.717, 1.165) is 11.1 Å². The van der Waals surface area contributed by atoms with E-state index in [-0.39, 0.29) is 16.3 Å². The minimum Gasteiger partial charge on any atom is -0.357 e. The molecule has 0 unspecified atom stereocenters. The first-order valence-corrected chi connectivity index (χ1v) is 11.5. The lowest BCUT2D eigenvalue weighted by Gasteiger charge is -2.12. The Balaban J connectivity index is 1.81. The molecule has 0 bridgehead atoms. The van der Waals surface area contributed by atoms with E-state index in [1.165, 1.54) is 24.3 Å². The molecule has 3 aromatic carbocycles. The summed E-state index contributed by atoms with van der Waals surface area (Å²) < 4.78 is 31.3. The van der Waals surface area contributed by atoms with Gasteiger partial charge in [0.1, 0.15) is 4.90 Å². The lowest BCUT2D eigenvalue weighted by molar-refractivity contribution is 0.103. The van der Waals surface area contributed by atoms with E-state index in [1.54, 1.807) is 36.4 Å². The first-order chi connectivity index (χ1) is 15.3. The number of aromatic nitrogens is 1. The van der Waals surface area contributed by atoms with Gasteiger partial charge in [0.15, 0.2) is 5.78 Å². The number of carbonyl (C=O) groups excluding carboxylic acids is 1. The molecule has 1 aromatic heterocycles. The number of benzene rings is 3. The molecular formula is C25H18ClNO4S. The van der Waals surface area contributed by atoms with Gasteiger partial charge < -0.3 is 4.18 Å². The van der Waals surface area contributed by atoms with Crippen molar-refractivity contribution in [2.24, 2.45) is 0 Å². The zero-order valence-corrected chi connectivity index (χ0v) is 18.6. The Morgan fingerprint density at radius 3 is 2.28 bits per heavy atom. The van der Waals surface area contributed by atoms with Crippen molar-refractivity contribution in [1.29, 1.82) is 0 Å². The van der Waals surface area contributed by atoms with Crippen LogP contribution in [0.5, 0.6) is 5.88 Å². The van der Waals surface area contributed by atoms with E-state index in [4.69, 9.17) is 15.8 Å². The number of carbonyl (C=O) groups is 1. The van der Waals surface area contributed by atoms with Crippen LogP contribution in [-0.4, -0.2) is 19.2 Å². The molecule has 0 fully saturated rings. The number of rotatable bonds is 6. The molecule has 0 amide bonds. The second-order valence-corrected chi connectivity index (χ2v) is 9.09. The van der Waals surface area contributed by atoms with Gasteiger partial charge in [-0.25, -0.2) is 4.98 Å². The third kappa shape index (κ3) is 4.72. The molecule has 32 heavy (non-hydrogen) atoms. The first kappa shape index (κ1) is 21.7. The van der Waals surface area contributed by atoms with Gasteiger partial charge in [0, 0.05) is 16.1 Å². The topological polar surface area (TPSA) is 73.3 Å². The molecule has 0 radical (unpaired) electrons. The van der Waals surface area contributed by atoms with Crippen LogP contribution < -0.4 is 4.18 Å². The van der Waals surface area contributed by atoms with Gasteiger partial charge in [-0.3, -0.25) is 4.79 Å². The Bertz CT molecular complexity index is 1390. The zero-order chi connectivity index (χ0) is 22.7. The highest BCUT2D eigenvalue weighted by Crippen LogP contribution is 2.28. The summed E-state index contributed by atoms with van der Waals surface area (Å²) in [6.07, 6.45) is 0. The highest BCUT2D eigenvalue weighted by molar-refractivity contribution is 7.87. The van der Waals surface area contributed by atoms with E-state index in [1.807, 2.05) is 37.3 Å². The van der Waals surface area contributed by atoms with Gasteiger partial charge >= 0.3 is 10.1 Å². The van der Waals surface area contributed by atoms with Crippen molar-refractivity contribution in [2.45, 2.75) is 11.8 Å². The standard InChI is InChI=1S/C25H18ClNO4S/c1-17-10-12-21(13-11-17)32(29,30)31-25-22(24(28)19-8-5-9-20(26)16-19)14-15-23(27-25)18-6-3-2-4-7-18/h2-16H,1H3.